The van der Waals surface area contributed by atoms with Gasteiger partial charge in [0.05, 0.1) is 17.7 Å². The van der Waals surface area contributed by atoms with Crippen LogP contribution in [0.2, 0.25) is 0 Å². The molecule has 2 aromatic carbocycles. The average Bonchev–Trinajstić information content (AvgIpc) is 2.54. The highest BCUT2D eigenvalue weighted by atomic mass is 16.2. The van der Waals surface area contributed by atoms with E-state index >= 15 is 0 Å². The fraction of sp³-hybridized carbons (Fsp3) is 0.263. The first-order valence-electron chi connectivity index (χ1n) is 7.75. The molecule has 23 heavy (non-hydrogen) atoms. The lowest BCUT2D eigenvalue weighted by Gasteiger charge is -2.39. The van der Waals surface area contributed by atoms with Gasteiger partial charge in [0.25, 0.3) is 0 Å². The Morgan fingerprint density at radius 3 is 2.78 bits per heavy atom. The van der Waals surface area contributed by atoms with Gasteiger partial charge < -0.3 is 10.2 Å². The summed E-state index contributed by atoms with van der Waals surface area (Å²) in [5, 5.41) is 12.6. The van der Waals surface area contributed by atoms with E-state index in [1.54, 1.807) is 13.0 Å². The number of carbonyl (C=O) groups excluding carboxylic acids is 1. The number of nitrogens with one attached hydrogen (secondary N) is 1. The number of nitriles is 1. The zero-order chi connectivity index (χ0) is 16.4. The zero-order valence-electron chi connectivity index (χ0n) is 13.3. The summed E-state index contributed by atoms with van der Waals surface area (Å²) in [4.78, 5) is 13.9. The van der Waals surface area contributed by atoms with Crippen LogP contribution in [0.1, 0.15) is 37.4 Å². The Morgan fingerprint density at radius 1 is 1.26 bits per heavy atom. The number of hydrogen-bond donors (Lipinski definition) is 1. The monoisotopic (exact) mass is 305 g/mol. The number of carbonyl (C=O) groups is 1. The van der Waals surface area contributed by atoms with Gasteiger partial charge in [0.1, 0.15) is 0 Å². The highest BCUT2D eigenvalue weighted by molar-refractivity contribution is 5.93. The van der Waals surface area contributed by atoms with Crippen LogP contribution in [0, 0.1) is 11.3 Å². The van der Waals surface area contributed by atoms with Crippen molar-refractivity contribution in [1.29, 1.82) is 5.26 Å². The summed E-state index contributed by atoms with van der Waals surface area (Å²) < 4.78 is 0. The van der Waals surface area contributed by atoms with Gasteiger partial charge in [-0.2, -0.15) is 5.26 Å². The molecule has 1 amide bonds. The lowest BCUT2D eigenvalue weighted by atomic mass is 9.91. The molecule has 2 atom stereocenters. The van der Waals surface area contributed by atoms with Crippen LogP contribution in [0.25, 0.3) is 0 Å². The molecule has 0 spiro atoms. The van der Waals surface area contributed by atoms with Crippen molar-refractivity contribution in [2.24, 2.45) is 0 Å². The van der Waals surface area contributed by atoms with Crippen LogP contribution in [0.15, 0.2) is 48.5 Å². The van der Waals surface area contributed by atoms with Gasteiger partial charge in [0, 0.05) is 24.3 Å². The molecule has 4 heteroatoms. The van der Waals surface area contributed by atoms with E-state index in [1.807, 2.05) is 41.3 Å². The fourth-order valence-corrected chi connectivity index (χ4v) is 3.31. The summed E-state index contributed by atoms with van der Waals surface area (Å²) in [6.07, 6.45) is 0.827. The minimum Gasteiger partial charge on any atom is -0.378 e. The second-order valence-corrected chi connectivity index (χ2v) is 5.92. The topological polar surface area (TPSA) is 56.1 Å². The van der Waals surface area contributed by atoms with Crippen molar-refractivity contribution >= 4 is 17.3 Å². The van der Waals surface area contributed by atoms with Gasteiger partial charge in [-0.25, -0.2) is 0 Å². The molecule has 0 saturated heterocycles. The molecule has 4 nitrogen and oxygen atoms in total. The number of fused-ring (bicyclic) bond motifs is 1. The maximum atomic E-state index is 12.0. The lowest BCUT2D eigenvalue weighted by molar-refractivity contribution is -0.117. The van der Waals surface area contributed by atoms with Crippen LogP contribution in [-0.2, 0) is 4.79 Å². The van der Waals surface area contributed by atoms with Crippen LogP contribution in [-0.4, -0.2) is 11.9 Å². The number of anilines is 2. The van der Waals surface area contributed by atoms with Gasteiger partial charge in [0.2, 0.25) is 5.91 Å². The number of hydrogen-bond acceptors (Lipinski definition) is 3. The second kappa shape index (κ2) is 6.13. The second-order valence-electron chi connectivity index (χ2n) is 5.92. The normalized spacial score (nSPS) is 19.6. The Labute approximate surface area is 136 Å². The Morgan fingerprint density at radius 2 is 2.04 bits per heavy atom. The molecule has 0 aromatic heterocycles. The van der Waals surface area contributed by atoms with Crippen LogP contribution in [0.3, 0.4) is 0 Å². The molecule has 1 aliphatic heterocycles. The third-order valence-corrected chi connectivity index (χ3v) is 4.26. The van der Waals surface area contributed by atoms with Crippen molar-refractivity contribution in [3.63, 3.8) is 0 Å². The van der Waals surface area contributed by atoms with Gasteiger partial charge in [-0.3, -0.25) is 4.79 Å². The molecular formula is C19H19N3O. The smallest absolute Gasteiger partial charge is 0.224 e. The van der Waals surface area contributed by atoms with Crippen molar-refractivity contribution in [2.45, 2.75) is 32.4 Å². The van der Waals surface area contributed by atoms with Crippen molar-refractivity contribution < 1.29 is 4.79 Å². The summed E-state index contributed by atoms with van der Waals surface area (Å²) in [5.74, 6) is 0.0647. The van der Waals surface area contributed by atoms with E-state index in [0.29, 0.717) is 5.56 Å². The Kier molecular flexibility index (Phi) is 4.03. The van der Waals surface area contributed by atoms with Crippen molar-refractivity contribution in [2.75, 3.05) is 10.2 Å². The minimum absolute atomic E-state index is 0.0647. The number of benzene rings is 2. The molecule has 3 rings (SSSR count). The summed E-state index contributed by atoms with van der Waals surface area (Å²) in [6.45, 7) is 3.68. The standard InChI is InChI=1S/C19H19N3O/c1-13-10-18(21-16-7-5-6-15(11-16)12-20)17-8-3-4-9-19(17)22(13)14(2)23/h3-9,11,13,18,21H,10H2,1-2H3. The van der Waals surface area contributed by atoms with E-state index in [0.717, 1.165) is 23.4 Å². The van der Waals surface area contributed by atoms with Gasteiger partial charge in [-0.1, -0.05) is 24.3 Å². The first-order valence-corrected chi connectivity index (χ1v) is 7.75. The molecule has 1 heterocycles. The van der Waals surface area contributed by atoms with E-state index in [-0.39, 0.29) is 18.0 Å². The van der Waals surface area contributed by atoms with Gasteiger partial charge in [0.15, 0.2) is 0 Å². The predicted octanol–water partition coefficient (Wildman–Crippen LogP) is 3.86. The zero-order valence-corrected chi connectivity index (χ0v) is 13.3. The Bertz CT molecular complexity index is 778. The van der Waals surface area contributed by atoms with Crippen LogP contribution in [0.5, 0.6) is 0 Å². The van der Waals surface area contributed by atoms with Crippen molar-refractivity contribution in [3.05, 3.63) is 59.7 Å². The molecule has 2 unspecified atom stereocenters. The molecule has 1 aliphatic rings. The average molecular weight is 305 g/mol. The number of amides is 1. The molecule has 1 N–H and O–H groups in total. The van der Waals surface area contributed by atoms with Crippen LogP contribution in [0.4, 0.5) is 11.4 Å². The maximum absolute atomic E-state index is 12.0. The minimum atomic E-state index is 0.0647. The summed E-state index contributed by atoms with van der Waals surface area (Å²) in [5.41, 5.74) is 3.64. The first-order chi connectivity index (χ1) is 11.1. The summed E-state index contributed by atoms with van der Waals surface area (Å²) >= 11 is 0. The third kappa shape index (κ3) is 2.91. The van der Waals surface area contributed by atoms with E-state index < -0.39 is 0 Å². The number of nitrogens with zero attached hydrogens (tertiary/aromatic N) is 2. The van der Waals surface area contributed by atoms with Gasteiger partial charge in [-0.05, 0) is 43.2 Å². The molecule has 0 radical (unpaired) electrons. The molecular weight excluding hydrogens is 286 g/mol. The van der Waals surface area contributed by atoms with E-state index in [2.05, 4.69) is 24.4 Å². The quantitative estimate of drug-likeness (QED) is 0.916. The molecule has 0 aliphatic carbocycles. The van der Waals surface area contributed by atoms with Gasteiger partial charge >= 0.3 is 0 Å². The van der Waals surface area contributed by atoms with Crippen LogP contribution >= 0.6 is 0 Å². The SMILES string of the molecule is CC(=O)N1c2ccccc2C(Nc2cccc(C#N)c2)CC1C. The van der Waals surface area contributed by atoms with Crippen molar-refractivity contribution in [1.82, 2.24) is 0 Å². The molecule has 0 fully saturated rings. The molecule has 0 bridgehead atoms. The highest BCUT2D eigenvalue weighted by Crippen LogP contribution is 2.38. The van der Waals surface area contributed by atoms with Crippen molar-refractivity contribution in [3.8, 4) is 6.07 Å². The molecule has 116 valence electrons. The fourth-order valence-electron chi connectivity index (χ4n) is 3.31. The Hall–Kier alpha value is -2.80. The first kappa shape index (κ1) is 15.1. The molecule has 2 aromatic rings. The van der Waals surface area contributed by atoms with Crippen LogP contribution < -0.4 is 10.2 Å². The summed E-state index contributed by atoms with van der Waals surface area (Å²) in [7, 11) is 0. The van der Waals surface area contributed by atoms with Gasteiger partial charge in [-0.15, -0.1) is 0 Å². The van der Waals surface area contributed by atoms with E-state index in [4.69, 9.17) is 5.26 Å². The highest BCUT2D eigenvalue weighted by Gasteiger charge is 2.31. The largest absolute Gasteiger partial charge is 0.378 e. The Balaban J connectivity index is 1.96. The van der Waals surface area contributed by atoms with E-state index in [1.165, 1.54) is 0 Å². The predicted molar refractivity (Wildman–Crippen MR) is 91.2 cm³/mol. The maximum Gasteiger partial charge on any atom is 0.224 e. The molecule has 0 saturated carbocycles. The lowest BCUT2D eigenvalue weighted by Crippen LogP contribution is -2.43. The van der Waals surface area contributed by atoms with E-state index in [9.17, 15) is 4.79 Å². The number of para-hydroxylation sites is 1. The number of rotatable bonds is 2. The summed E-state index contributed by atoms with van der Waals surface area (Å²) in [6, 6.07) is 17.9. The third-order valence-electron chi connectivity index (χ3n) is 4.26.